The molecule has 0 N–H and O–H groups in total. The molecular weight excluding hydrogens is 190 g/mol. The Morgan fingerprint density at radius 3 is 2.36 bits per heavy atom. The Labute approximate surface area is 79.8 Å². The first-order valence-electron chi connectivity index (χ1n) is 3.88. The second kappa shape index (κ2) is 4.50. The van der Waals surface area contributed by atoms with Crippen LogP contribution in [-0.4, -0.2) is 5.78 Å². The number of carbonyl (C=O) groups excluding carboxylic acids is 1. The highest BCUT2D eigenvalue weighted by Crippen LogP contribution is 2.15. The zero-order valence-corrected chi connectivity index (χ0v) is 7.46. The van der Waals surface area contributed by atoms with E-state index in [9.17, 15) is 13.6 Å². The van der Waals surface area contributed by atoms with Crippen LogP contribution in [0.3, 0.4) is 0 Å². The van der Waals surface area contributed by atoms with Crippen LogP contribution in [-0.2, 0) is 4.79 Å². The van der Waals surface area contributed by atoms with Crippen molar-refractivity contribution in [2.24, 2.45) is 0 Å². The highest BCUT2D eigenvalue weighted by atomic mass is 19.1. The van der Waals surface area contributed by atoms with Crippen LogP contribution in [0.2, 0.25) is 0 Å². The van der Waals surface area contributed by atoms with Gasteiger partial charge in [0.05, 0.1) is 6.26 Å². The van der Waals surface area contributed by atoms with Gasteiger partial charge in [0, 0.05) is 24.3 Å². The second-order valence-corrected chi connectivity index (χ2v) is 2.64. The van der Waals surface area contributed by atoms with E-state index in [1.54, 1.807) is 0 Å². The van der Waals surface area contributed by atoms with E-state index < -0.39 is 11.6 Å². The van der Waals surface area contributed by atoms with Crippen LogP contribution >= 0.6 is 0 Å². The first kappa shape index (κ1) is 10.4. The smallest absolute Gasteiger partial charge is 0.155 e. The van der Waals surface area contributed by atoms with Crippen molar-refractivity contribution in [3.05, 3.63) is 42.2 Å². The van der Waals surface area contributed by atoms with Gasteiger partial charge in [0.25, 0.3) is 0 Å². The summed E-state index contributed by atoms with van der Waals surface area (Å²) >= 11 is 0. The van der Waals surface area contributed by atoms with Crippen molar-refractivity contribution in [2.45, 2.75) is 6.92 Å². The summed E-state index contributed by atoms with van der Waals surface area (Å²) in [6.45, 7) is 1.34. The summed E-state index contributed by atoms with van der Waals surface area (Å²) in [6.07, 6.45) is 2.24. The van der Waals surface area contributed by atoms with Gasteiger partial charge in [-0.25, -0.2) is 8.78 Å². The van der Waals surface area contributed by atoms with Crippen LogP contribution in [0.1, 0.15) is 6.92 Å². The Bertz CT molecular complexity index is 352. The maximum atomic E-state index is 12.6. The molecule has 0 aliphatic carbocycles. The van der Waals surface area contributed by atoms with Gasteiger partial charge >= 0.3 is 0 Å². The van der Waals surface area contributed by atoms with Crippen LogP contribution in [0.5, 0.6) is 5.75 Å². The summed E-state index contributed by atoms with van der Waals surface area (Å²) in [5.74, 6) is -1.64. The van der Waals surface area contributed by atoms with Gasteiger partial charge in [0.2, 0.25) is 0 Å². The third-order valence-corrected chi connectivity index (χ3v) is 1.34. The lowest BCUT2D eigenvalue weighted by Gasteiger charge is -1.99. The van der Waals surface area contributed by atoms with E-state index in [-0.39, 0.29) is 11.5 Å². The lowest BCUT2D eigenvalue weighted by atomic mass is 10.3. The fraction of sp³-hybridized carbons (Fsp3) is 0.100. The van der Waals surface area contributed by atoms with Crippen molar-refractivity contribution in [1.29, 1.82) is 0 Å². The second-order valence-electron chi connectivity index (χ2n) is 2.64. The SMILES string of the molecule is CC(=O)C=COc1cc(F)cc(F)c1. The minimum Gasteiger partial charge on any atom is -0.465 e. The van der Waals surface area contributed by atoms with Gasteiger partial charge in [-0.3, -0.25) is 4.79 Å². The lowest BCUT2D eigenvalue weighted by molar-refractivity contribution is -0.112. The number of rotatable bonds is 3. The molecule has 0 aliphatic rings. The molecule has 0 bridgehead atoms. The first-order chi connectivity index (χ1) is 6.58. The fourth-order valence-electron chi connectivity index (χ4n) is 0.805. The average Bonchev–Trinajstić information content (AvgIpc) is 2.01. The molecule has 0 amide bonds. The van der Waals surface area contributed by atoms with Gasteiger partial charge in [-0.05, 0) is 6.92 Å². The van der Waals surface area contributed by atoms with Crippen LogP contribution in [0.4, 0.5) is 8.78 Å². The zero-order valence-electron chi connectivity index (χ0n) is 7.46. The van der Waals surface area contributed by atoms with E-state index in [1.807, 2.05) is 0 Å². The Balaban J connectivity index is 2.72. The van der Waals surface area contributed by atoms with Crippen LogP contribution < -0.4 is 4.74 Å². The Morgan fingerprint density at radius 1 is 1.29 bits per heavy atom. The van der Waals surface area contributed by atoms with Gasteiger partial charge in [0.15, 0.2) is 5.78 Å². The number of ether oxygens (including phenoxy) is 1. The standard InChI is InChI=1S/C10H8F2O2/c1-7(13)2-3-14-10-5-8(11)4-9(12)6-10/h2-6H,1H3. The van der Waals surface area contributed by atoms with Gasteiger partial charge in [0.1, 0.15) is 17.4 Å². The van der Waals surface area contributed by atoms with Crippen molar-refractivity contribution >= 4 is 5.78 Å². The molecule has 0 radical (unpaired) electrons. The Hall–Kier alpha value is -1.71. The van der Waals surface area contributed by atoms with Gasteiger partial charge in [-0.1, -0.05) is 0 Å². The number of ketones is 1. The predicted octanol–water partition coefficient (Wildman–Crippen LogP) is 2.45. The zero-order chi connectivity index (χ0) is 10.6. The molecule has 74 valence electrons. The maximum absolute atomic E-state index is 12.6. The summed E-state index contributed by atoms with van der Waals surface area (Å²) in [6, 6.07) is 2.78. The molecule has 2 nitrogen and oxygen atoms in total. The largest absolute Gasteiger partial charge is 0.465 e. The van der Waals surface area contributed by atoms with E-state index in [4.69, 9.17) is 4.74 Å². The molecular formula is C10H8F2O2. The summed E-state index contributed by atoms with van der Waals surface area (Å²) in [7, 11) is 0. The molecule has 0 saturated carbocycles. The lowest BCUT2D eigenvalue weighted by Crippen LogP contribution is -1.88. The fourth-order valence-corrected chi connectivity index (χ4v) is 0.805. The number of carbonyl (C=O) groups is 1. The van der Waals surface area contributed by atoms with Crippen molar-refractivity contribution < 1.29 is 18.3 Å². The Kier molecular flexibility index (Phi) is 3.34. The summed E-state index contributed by atoms with van der Waals surface area (Å²) in [4.78, 5) is 10.5. The number of halogens is 2. The first-order valence-corrected chi connectivity index (χ1v) is 3.88. The molecule has 0 saturated heterocycles. The van der Waals surface area contributed by atoms with Crippen molar-refractivity contribution in [2.75, 3.05) is 0 Å². The third kappa shape index (κ3) is 3.35. The molecule has 0 fully saturated rings. The predicted molar refractivity (Wildman–Crippen MR) is 46.8 cm³/mol. The summed E-state index contributed by atoms with van der Waals surface area (Å²) in [5.41, 5.74) is 0. The van der Waals surface area contributed by atoms with E-state index >= 15 is 0 Å². The maximum Gasteiger partial charge on any atom is 0.155 e. The van der Waals surface area contributed by atoms with Crippen molar-refractivity contribution in [3.63, 3.8) is 0 Å². The topological polar surface area (TPSA) is 26.3 Å². The van der Waals surface area contributed by atoms with Crippen molar-refractivity contribution in [1.82, 2.24) is 0 Å². The number of hydrogen-bond donors (Lipinski definition) is 0. The molecule has 0 heterocycles. The summed E-state index contributed by atoms with van der Waals surface area (Å²) < 4.78 is 30.0. The number of allylic oxidation sites excluding steroid dienone is 1. The minimum absolute atomic E-state index is 0.0139. The molecule has 0 atom stereocenters. The van der Waals surface area contributed by atoms with Gasteiger partial charge < -0.3 is 4.74 Å². The van der Waals surface area contributed by atoms with Crippen LogP contribution in [0.15, 0.2) is 30.5 Å². The normalized spacial score (nSPS) is 10.5. The van der Waals surface area contributed by atoms with Crippen LogP contribution in [0, 0.1) is 11.6 Å². The molecule has 0 aromatic heterocycles. The highest BCUT2D eigenvalue weighted by molar-refractivity contribution is 5.86. The molecule has 1 aromatic carbocycles. The van der Waals surface area contributed by atoms with Gasteiger partial charge in [-0.15, -0.1) is 0 Å². The van der Waals surface area contributed by atoms with E-state index in [1.165, 1.54) is 6.92 Å². The Morgan fingerprint density at radius 2 is 1.86 bits per heavy atom. The monoisotopic (exact) mass is 198 g/mol. The molecule has 1 rings (SSSR count). The van der Waals surface area contributed by atoms with Gasteiger partial charge in [-0.2, -0.15) is 0 Å². The molecule has 4 heteroatoms. The van der Waals surface area contributed by atoms with E-state index in [2.05, 4.69) is 0 Å². The number of benzene rings is 1. The van der Waals surface area contributed by atoms with E-state index in [0.29, 0.717) is 0 Å². The highest BCUT2D eigenvalue weighted by Gasteiger charge is 1.99. The quantitative estimate of drug-likeness (QED) is 0.550. The molecule has 0 unspecified atom stereocenters. The molecule has 1 aromatic rings. The molecule has 0 aliphatic heterocycles. The number of hydrogen-bond acceptors (Lipinski definition) is 2. The minimum atomic E-state index is -0.726. The average molecular weight is 198 g/mol. The molecule has 0 spiro atoms. The summed E-state index contributed by atoms with van der Waals surface area (Å²) in [5, 5.41) is 0. The van der Waals surface area contributed by atoms with Crippen molar-refractivity contribution in [3.8, 4) is 5.75 Å². The van der Waals surface area contributed by atoms with Crippen LogP contribution in [0.25, 0.3) is 0 Å². The van der Waals surface area contributed by atoms with E-state index in [0.717, 1.165) is 30.5 Å². The molecule has 14 heavy (non-hydrogen) atoms. The third-order valence-electron chi connectivity index (χ3n) is 1.34.